The number of rotatable bonds is 5. The molecule has 0 bridgehead atoms. The second kappa shape index (κ2) is 9.83. The normalized spacial score (nSPS) is 16.5. The Balaban J connectivity index is 1.49. The zero-order valence-electron chi connectivity index (χ0n) is 20.6. The summed E-state index contributed by atoms with van der Waals surface area (Å²) in [6.07, 6.45) is 5.80. The Morgan fingerprint density at radius 1 is 1.03 bits per heavy atom. The molecular formula is C31H31NO3. The van der Waals surface area contributed by atoms with Gasteiger partial charge in [0.15, 0.2) is 0 Å². The predicted molar refractivity (Wildman–Crippen MR) is 142 cm³/mol. The fourth-order valence-electron chi connectivity index (χ4n) is 4.97. The van der Waals surface area contributed by atoms with Gasteiger partial charge in [-0.1, -0.05) is 61.5 Å². The number of nitrogens with zero attached hydrogens (tertiary/aromatic N) is 1. The number of allylic oxidation sites excluding steroid dienone is 1. The van der Waals surface area contributed by atoms with E-state index in [4.69, 9.17) is 9.15 Å². The van der Waals surface area contributed by atoms with Crippen LogP contribution in [0.25, 0.3) is 38.8 Å². The summed E-state index contributed by atoms with van der Waals surface area (Å²) in [4.78, 5) is 14.9. The van der Waals surface area contributed by atoms with E-state index in [0.717, 1.165) is 52.7 Å². The first kappa shape index (κ1) is 23.0. The second-order valence-electron chi connectivity index (χ2n) is 9.50. The van der Waals surface area contributed by atoms with Gasteiger partial charge >= 0.3 is 0 Å². The molecule has 178 valence electrons. The molecular weight excluding hydrogens is 434 g/mol. The molecule has 3 aromatic carbocycles. The van der Waals surface area contributed by atoms with Crippen molar-refractivity contribution in [3.8, 4) is 28.0 Å². The molecule has 1 aliphatic rings. The number of carbonyl (C=O) groups is 1. The fourth-order valence-corrected chi connectivity index (χ4v) is 4.97. The molecule has 4 heteroatoms. The third-order valence-corrected chi connectivity index (χ3v) is 6.93. The molecule has 35 heavy (non-hydrogen) atoms. The predicted octanol–water partition coefficient (Wildman–Crippen LogP) is 7.44. The number of methoxy groups -OCH3 is 1. The van der Waals surface area contributed by atoms with E-state index in [1.165, 1.54) is 17.5 Å². The van der Waals surface area contributed by atoms with Gasteiger partial charge in [-0.05, 0) is 54.0 Å². The van der Waals surface area contributed by atoms with Crippen LogP contribution in [0.4, 0.5) is 0 Å². The summed E-state index contributed by atoms with van der Waals surface area (Å²) >= 11 is 0. The van der Waals surface area contributed by atoms with E-state index in [-0.39, 0.29) is 5.91 Å². The monoisotopic (exact) mass is 465 g/mol. The van der Waals surface area contributed by atoms with Gasteiger partial charge in [0.1, 0.15) is 11.3 Å². The standard InChI is InChI=1S/C31H31NO3/c1-21-8-7-15-32(19-21)31(33)16-22(2)26-17-27-28(20-35-30(27)18-29(26)34-3)25-13-11-24(12-14-25)23-9-5-4-6-10-23/h4-6,9-14,16-18,20-21H,7-8,15,19H2,1-3H3/b22-16+. The van der Waals surface area contributed by atoms with Crippen LogP contribution in [0.2, 0.25) is 0 Å². The second-order valence-corrected chi connectivity index (χ2v) is 9.50. The molecule has 1 atom stereocenters. The van der Waals surface area contributed by atoms with E-state index in [0.29, 0.717) is 11.7 Å². The number of benzene rings is 3. The number of hydrogen-bond acceptors (Lipinski definition) is 3. The minimum absolute atomic E-state index is 0.0696. The molecule has 1 saturated heterocycles. The smallest absolute Gasteiger partial charge is 0.246 e. The molecule has 4 aromatic rings. The lowest BCUT2D eigenvalue weighted by atomic mass is 9.97. The van der Waals surface area contributed by atoms with Crippen LogP contribution in [0.15, 0.2) is 83.5 Å². The minimum Gasteiger partial charge on any atom is -0.496 e. The number of carbonyl (C=O) groups excluding carboxylic acids is 1. The Labute approximate surface area is 206 Å². The lowest BCUT2D eigenvalue weighted by Gasteiger charge is -2.30. The molecule has 1 aromatic heterocycles. The summed E-state index contributed by atoms with van der Waals surface area (Å²) < 4.78 is 11.6. The molecule has 5 rings (SSSR count). The van der Waals surface area contributed by atoms with Crippen LogP contribution in [0, 0.1) is 5.92 Å². The van der Waals surface area contributed by atoms with Gasteiger partial charge in [0.25, 0.3) is 0 Å². The van der Waals surface area contributed by atoms with Gasteiger partial charge in [0.2, 0.25) is 5.91 Å². The van der Waals surface area contributed by atoms with Gasteiger partial charge in [-0.3, -0.25) is 4.79 Å². The largest absolute Gasteiger partial charge is 0.496 e. The maximum atomic E-state index is 13.0. The van der Waals surface area contributed by atoms with Crippen molar-refractivity contribution < 1.29 is 13.9 Å². The van der Waals surface area contributed by atoms with Crippen LogP contribution in [-0.4, -0.2) is 31.0 Å². The SMILES string of the molecule is COc1cc2occ(-c3ccc(-c4ccccc4)cc3)c2cc1/C(C)=C/C(=O)N1CCCC(C)C1. The van der Waals surface area contributed by atoms with Gasteiger partial charge in [0, 0.05) is 41.7 Å². The first-order valence-corrected chi connectivity index (χ1v) is 12.3. The molecule has 1 fully saturated rings. The van der Waals surface area contributed by atoms with E-state index < -0.39 is 0 Å². The van der Waals surface area contributed by atoms with Gasteiger partial charge < -0.3 is 14.1 Å². The summed E-state index contributed by atoms with van der Waals surface area (Å²) in [5, 5.41) is 1.00. The maximum absolute atomic E-state index is 13.0. The molecule has 2 heterocycles. The van der Waals surface area contributed by atoms with Crippen molar-refractivity contribution in [1.82, 2.24) is 4.90 Å². The quantitative estimate of drug-likeness (QED) is 0.288. The number of fused-ring (bicyclic) bond motifs is 1. The van der Waals surface area contributed by atoms with Gasteiger partial charge in [0.05, 0.1) is 13.4 Å². The third-order valence-electron chi connectivity index (χ3n) is 6.93. The summed E-state index contributed by atoms with van der Waals surface area (Å²) in [5.41, 5.74) is 7.02. The van der Waals surface area contributed by atoms with E-state index in [1.54, 1.807) is 19.4 Å². The average Bonchev–Trinajstić information content (AvgIpc) is 3.31. The lowest BCUT2D eigenvalue weighted by molar-refractivity contribution is -0.127. The van der Waals surface area contributed by atoms with Crippen molar-refractivity contribution in [3.63, 3.8) is 0 Å². The molecule has 0 radical (unpaired) electrons. The van der Waals surface area contributed by atoms with E-state index in [2.05, 4.69) is 49.4 Å². The minimum atomic E-state index is 0.0696. The highest BCUT2D eigenvalue weighted by atomic mass is 16.5. The Bertz CT molecular complexity index is 1370. The van der Waals surface area contributed by atoms with Crippen LogP contribution in [0.1, 0.15) is 32.3 Å². The number of likely N-dealkylation sites (tertiary alicyclic amines) is 1. The summed E-state index contributed by atoms with van der Waals surface area (Å²) in [5.74, 6) is 1.32. The molecule has 0 spiro atoms. The highest BCUT2D eigenvalue weighted by Gasteiger charge is 2.21. The lowest BCUT2D eigenvalue weighted by Crippen LogP contribution is -2.38. The topological polar surface area (TPSA) is 42.7 Å². The van der Waals surface area contributed by atoms with Gasteiger partial charge in [-0.15, -0.1) is 0 Å². The number of piperidine rings is 1. The molecule has 4 nitrogen and oxygen atoms in total. The highest BCUT2D eigenvalue weighted by Crippen LogP contribution is 2.38. The Morgan fingerprint density at radius 3 is 2.46 bits per heavy atom. The van der Waals surface area contributed by atoms with Crippen molar-refractivity contribution in [2.24, 2.45) is 5.92 Å². The molecule has 0 aliphatic carbocycles. The van der Waals surface area contributed by atoms with Crippen molar-refractivity contribution in [2.75, 3.05) is 20.2 Å². The first-order chi connectivity index (χ1) is 17.0. The molecule has 1 amide bonds. The van der Waals surface area contributed by atoms with Crippen molar-refractivity contribution >= 4 is 22.4 Å². The Morgan fingerprint density at radius 2 is 1.74 bits per heavy atom. The molecule has 0 saturated carbocycles. The number of ether oxygens (including phenoxy) is 1. The zero-order chi connectivity index (χ0) is 24.4. The third kappa shape index (κ3) is 4.74. The Hall–Kier alpha value is -3.79. The molecule has 1 unspecified atom stereocenters. The highest BCUT2D eigenvalue weighted by molar-refractivity contribution is 6.00. The number of amides is 1. The average molecular weight is 466 g/mol. The number of furan rings is 1. The van der Waals surface area contributed by atoms with E-state index >= 15 is 0 Å². The van der Waals surface area contributed by atoms with Crippen LogP contribution >= 0.6 is 0 Å². The number of hydrogen-bond donors (Lipinski definition) is 0. The Kier molecular flexibility index (Phi) is 6.45. The van der Waals surface area contributed by atoms with E-state index in [9.17, 15) is 4.79 Å². The fraction of sp³-hybridized carbons (Fsp3) is 0.258. The molecule has 0 N–H and O–H groups in total. The van der Waals surface area contributed by atoms with E-state index in [1.807, 2.05) is 36.1 Å². The molecule has 1 aliphatic heterocycles. The van der Waals surface area contributed by atoms with Crippen molar-refractivity contribution in [1.29, 1.82) is 0 Å². The summed E-state index contributed by atoms with van der Waals surface area (Å²) in [6, 6.07) is 22.9. The van der Waals surface area contributed by atoms with Crippen LogP contribution in [0.3, 0.4) is 0 Å². The maximum Gasteiger partial charge on any atom is 0.246 e. The zero-order valence-corrected chi connectivity index (χ0v) is 20.6. The van der Waals surface area contributed by atoms with Crippen LogP contribution in [-0.2, 0) is 4.79 Å². The van der Waals surface area contributed by atoms with Gasteiger partial charge in [-0.25, -0.2) is 0 Å². The summed E-state index contributed by atoms with van der Waals surface area (Å²) in [7, 11) is 1.65. The summed E-state index contributed by atoms with van der Waals surface area (Å²) in [6.45, 7) is 5.83. The van der Waals surface area contributed by atoms with Crippen LogP contribution in [0.5, 0.6) is 5.75 Å². The van der Waals surface area contributed by atoms with Crippen molar-refractivity contribution in [2.45, 2.75) is 26.7 Å². The van der Waals surface area contributed by atoms with Crippen molar-refractivity contribution in [3.05, 3.63) is 84.6 Å². The first-order valence-electron chi connectivity index (χ1n) is 12.3. The van der Waals surface area contributed by atoms with Gasteiger partial charge in [-0.2, -0.15) is 0 Å². The van der Waals surface area contributed by atoms with Crippen LogP contribution < -0.4 is 4.74 Å².